The van der Waals surface area contributed by atoms with Crippen LogP contribution in [0.1, 0.15) is 43.7 Å². The van der Waals surface area contributed by atoms with Crippen LogP contribution in [-0.2, 0) is 21.6 Å². The van der Waals surface area contributed by atoms with Gasteiger partial charge in [0.25, 0.3) is 10.0 Å². The summed E-state index contributed by atoms with van der Waals surface area (Å²) >= 11 is 0. The zero-order chi connectivity index (χ0) is 24.2. The largest absolute Gasteiger partial charge is 0.416 e. The van der Waals surface area contributed by atoms with Gasteiger partial charge in [-0.2, -0.15) is 26.3 Å². The molecule has 0 N–H and O–H groups in total. The number of halogens is 6. The summed E-state index contributed by atoms with van der Waals surface area (Å²) in [7, 11) is -4.27. The molecule has 10 heteroatoms. The second-order valence-corrected chi connectivity index (χ2v) is 10.9. The molecule has 0 amide bonds. The molecule has 0 bridgehead atoms. The summed E-state index contributed by atoms with van der Waals surface area (Å²) in [6, 6.07) is 9.32. The fourth-order valence-corrected chi connectivity index (χ4v) is 6.84. The zero-order valence-electron chi connectivity index (χ0n) is 17.7. The number of para-hydroxylation sites is 1. The first kappa shape index (κ1) is 23.9. The van der Waals surface area contributed by atoms with Gasteiger partial charge in [-0.3, -0.25) is 4.31 Å². The Hall–Kier alpha value is -2.23. The van der Waals surface area contributed by atoms with Crippen LogP contribution in [0.2, 0.25) is 0 Å². The van der Waals surface area contributed by atoms with E-state index < -0.39 is 39.3 Å². The second kappa shape index (κ2) is 7.92. The number of fused-ring (bicyclic) bond motifs is 2. The first-order valence-corrected chi connectivity index (χ1v) is 12.1. The van der Waals surface area contributed by atoms with E-state index in [0.717, 1.165) is 16.4 Å². The summed E-state index contributed by atoms with van der Waals surface area (Å²) in [5, 5.41) is 0. The molecule has 1 spiro atoms. The lowest BCUT2D eigenvalue weighted by atomic mass is 9.57. The monoisotopic (exact) mass is 491 g/mol. The Morgan fingerprint density at radius 2 is 1.58 bits per heavy atom. The zero-order valence-corrected chi connectivity index (χ0v) is 18.6. The molecule has 4 rings (SSSR count). The van der Waals surface area contributed by atoms with Crippen LogP contribution in [0.5, 0.6) is 0 Å². The molecule has 2 aromatic rings. The molecule has 0 radical (unpaired) electrons. The Kier molecular flexibility index (Phi) is 5.74. The van der Waals surface area contributed by atoms with Gasteiger partial charge < -0.3 is 0 Å². The van der Waals surface area contributed by atoms with Gasteiger partial charge in [-0.1, -0.05) is 25.1 Å². The van der Waals surface area contributed by atoms with E-state index in [1.165, 1.54) is 6.07 Å². The first-order valence-electron chi connectivity index (χ1n) is 10.6. The van der Waals surface area contributed by atoms with Crippen LogP contribution in [0.4, 0.5) is 32.0 Å². The van der Waals surface area contributed by atoms with Crippen molar-refractivity contribution in [2.75, 3.05) is 10.8 Å². The Balaban J connectivity index is 1.78. The van der Waals surface area contributed by atoms with E-state index in [9.17, 15) is 34.8 Å². The van der Waals surface area contributed by atoms with Crippen LogP contribution < -0.4 is 4.31 Å². The topological polar surface area (TPSA) is 37.4 Å². The molecule has 1 aliphatic carbocycles. The molecule has 1 fully saturated rings. The maximum absolute atomic E-state index is 14.1. The van der Waals surface area contributed by atoms with Gasteiger partial charge >= 0.3 is 12.4 Å². The van der Waals surface area contributed by atoms with Gasteiger partial charge in [0.2, 0.25) is 0 Å². The van der Waals surface area contributed by atoms with Crippen molar-refractivity contribution in [3.63, 3.8) is 0 Å². The van der Waals surface area contributed by atoms with Gasteiger partial charge in [0, 0.05) is 12.0 Å². The quantitative estimate of drug-likeness (QED) is 0.448. The van der Waals surface area contributed by atoms with E-state index in [0.29, 0.717) is 30.5 Å². The molecular weight excluding hydrogens is 468 g/mol. The Bertz CT molecular complexity index is 1130. The van der Waals surface area contributed by atoms with Crippen molar-refractivity contribution in [1.82, 2.24) is 0 Å². The molecule has 0 aromatic heterocycles. The predicted octanol–water partition coefficient (Wildman–Crippen LogP) is 6.54. The summed E-state index contributed by atoms with van der Waals surface area (Å²) in [4.78, 5) is -0.342. The molecule has 3 nitrogen and oxygen atoms in total. The Morgan fingerprint density at radius 3 is 2.18 bits per heavy atom. The van der Waals surface area contributed by atoms with E-state index in [1.807, 2.05) is 0 Å². The molecule has 2 aliphatic rings. The van der Waals surface area contributed by atoms with Crippen LogP contribution in [0.3, 0.4) is 0 Å². The number of rotatable bonds is 2. The van der Waals surface area contributed by atoms with Gasteiger partial charge in [-0.05, 0) is 67.5 Å². The average Bonchev–Trinajstić information content (AvgIpc) is 2.74. The summed E-state index contributed by atoms with van der Waals surface area (Å²) < 4.78 is 109. The smallest absolute Gasteiger partial charge is 0.266 e. The summed E-state index contributed by atoms with van der Waals surface area (Å²) in [5.74, 6) is -1.69. The van der Waals surface area contributed by atoms with Crippen molar-refractivity contribution in [2.45, 2.75) is 55.3 Å². The van der Waals surface area contributed by atoms with Crippen LogP contribution >= 0.6 is 0 Å². The molecular formula is C23H23F6NO2S. The van der Waals surface area contributed by atoms with Crippen molar-refractivity contribution >= 4 is 15.7 Å². The molecule has 1 saturated carbocycles. The number of benzene rings is 2. The van der Waals surface area contributed by atoms with Crippen LogP contribution in [0.15, 0.2) is 53.4 Å². The average molecular weight is 491 g/mol. The lowest BCUT2D eigenvalue weighted by molar-refractivity contribution is -0.207. The Morgan fingerprint density at radius 1 is 0.939 bits per heavy atom. The van der Waals surface area contributed by atoms with E-state index >= 15 is 0 Å². The van der Waals surface area contributed by atoms with Crippen molar-refractivity contribution in [3.8, 4) is 0 Å². The molecule has 1 aliphatic heterocycles. The molecule has 180 valence electrons. The fraction of sp³-hybridized carbons (Fsp3) is 0.478. The van der Waals surface area contributed by atoms with Crippen molar-refractivity contribution in [1.29, 1.82) is 0 Å². The Labute approximate surface area is 188 Å². The molecule has 33 heavy (non-hydrogen) atoms. The number of sulfonamides is 1. The third-order valence-electron chi connectivity index (χ3n) is 7.02. The minimum atomic E-state index is -4.61. The predicted molar refractivity (Wildman–Crippen MR) is 111 cm³/mol. The second-order valence-electron chi connectivity index (χ2n) is 9.00. The SMILES string of the molecule is CC1CCC2(CCN(S(=O)(=O)c3ccc(C(F)(F)F)cc3)c3ccccc32)C(C(F)(F)F)C1. The maximum atomic E-state index is 14.1. The number of hydrogen-bond donors (Lipinski definition) is 0. The standard InChI is InChI=1S/C23H23F6NO2S/c1-15-10-11-21(20(14-15)23(27,28)29)12-13-30(19-5-3-2-4-18(19)21)33(31,32)17-8-6-16(7-9-17)22(24,25)26/h2-9,15,20H,10-14H2,1H3. The van der Waals surface area contributed by atoms with E-state index in [-0.39, 0.29) is 35.9 Å². The third kappa shape index (κ3) is 4.11. The summed E-state index contributed by atoms with van der Waals surface area (Å²) in [6.07, 6.45) is -8.19. The third-order valence-corrected chi connectivity index (χ3v) is 8.85. The normalized spacial score (nSPS) is 26.3. The van der Waals surface area contributed by atoms with E-state index in [4.69, 9.17) is 0 Å². The molecule has 1 heterocycles. The number of hydrogen-bond acceptors (Lipinski definition) is 2. The van der Waals surface area contributed by atoms with Crippen LogP contribution in [-0.4, -0.2) is 21.1 Å². The summed E-state index contributed by atoms with van der Waals surface area (Å²) in [6.45, 7) is 1.61. The number of alkyl halides is 6. The highest BCUT2D eigenvalue weighted by Crippen LogP contribution is 2.58. The van der Waals surface area contributed by atoms with Gasteiger partial charge in [0.1, 0.15) is 0 Å². The highest BCUT2D eigenvalue weighted by molar-refractivity contribution is 7.92. The van der Waals surface area contributed by atoms with Crippen LogP contribution in [0.25, 0.3) is 0 Å². The highest BCUT2D eigenvalue weighted by atomic mass is 32.2. The molecule has 3 atom stereocenters. The van der Waals surface area contributed by atoms with Crippen LogP contribution in [0, 0.1) is 11.8 Å². The minimum Gasteiger partial charge on any atom is -0.266 e. The van der Waals surface area contributed by atoms with Crippen molar-refractivity contribution < 1.29 is 34.8 Å². The van der Waals surface area contributed by atoms with Gasteiger partial charge in [0.05, 0.1) is 22.1 Å². The van der Waals surface area contributed by atoms with Gasteiger partial charge in [-0.15, -0.1) is 0 Å². The first-order chi connectivity index (χ1) is 15.3. The van der Waals surface area contributed by atoms with Crippen molar-refractivity contribution in [3.05, 3.63) is 59.7 Å². The fourth-order valence-electron chi connectivity index (χ4n) is 5.35. The minimum absolute atomic E-state index is 0.0131. The number of nitrogens with zero attached hydrogens (tertiary/aromatic N) is 1. The van der Waals surface area contributed by atoms with E-state index in [1.54, 1.807) is 25.1 Å². The summed E-state index contributed by atoms with van der Waals surface area (Å²) in [5.41, 5.74) is -1.72. The lowest BCUT2D eigenvalue weighted by Crippen LogP contribution is -2.53. The molecule has 2 aromatic carbocycles. The maximum Gasteiger partial charge on any atom is 0.416 e. The number of anilines is 1. The molecule has 3 unspecified atom stereocenters. The molecule has 0 saturated heterocycles. The van der Waals surface area contributed by atoms with Crippen molar-refractivity contribution in [2.24, 2.45) is 11.8 Å². The van der Waals surface area contributed by atoms with E-state index in [2.05, 4.69) is 0 Å². The van der Waals surface area contributed by atoms with Gasteiger partial charge in [0.15, 0.2) is 0 Å². The van der Waals surface area contributed by atoms with Gasteiger partial charge in [-0.25, -0.2) is 8.42 Å². The highest BCUT2D eigenvalue weighted by Gasteiger charge is 2.58. The lowest BCUT2D eigenvalue weighted by Gasteiger charge is -2.51.